The highest BCUT2D eigenvalue weighted by Gasteiger charge is 2.24. The van der Waals surface area contributed by atoms with Crippen molar-refractivity contribution in [2.75, 3.05) is 46.8 Å². The van der Waals surface area contributed by atoms with Gasteiger partial charge >= 0.3 is 0 Å². The van der Waals surface area contributed by atoms with Crippen LogP contribution in [0.2, 0.25) is 0 Å². The van der Waals surface area contributed by atoms with Crippen molar-refractivity contribution in [3.05, 3.63) is 54.3 Å². The molecule has 34 heavy (non-hydrogen) atoms. The molecule has 0 radical (unpaired) electrons. The second-order valence-electron chi connectivity index (χ2n) is 6.67. The number of aldehydes is 1. The van der Waals surface area contributed by atoms with Crippen molar-refractivity contribution in [1.82, 2.24) is 15.1 Å². The van der Waals surface area contributed by atoms with E-state index in [1.54, 1.807) is 20.2 Å². The number of nitrogens with one attached hydrogen (secondary N) is 2. The van der Waals surface area contributed by atoms with Gasteiger partial charge in [-0.1, -0.05) is 26.2 Å². The van der Waals surface area contributed by atoms with Gasteiger partial charge in [-0.3, -0.25) is 14.4 Å². The van der Waals surface area contributed by atoms with E-state index in [1.165, 1.54) is 36.2 Å². The fourth-order valence-electron chi connectivity index (χ4n) is 2.43. The molecule has 0 saturated heterocycles. The number of carbonyl (C=O) groups is 3. The SMILES string of the molecule is C=C=C.CC/C=C(/C=O)NC.CNc1cc(/C=C/N(C)C(=O)CN(C)C=O)c(F)c2c1OCO2. The Morgan fingerprint density at radius 3 is 2.32 bits per heavy atom. The summed E-state index contributed by atoms with van der Waals surface area (Å²) in [6.45, 7) is 8.14. The number of hydrogen-bond donors (Lipinski definition) is 2. The molecule has 1 aromatic rings. The highest BCUT2D eigenvalue weighted by atomic mass is 19.1. The molecule has 0 fully saturated rings. The van der Waals surface area contributed by atoms with Crippen LogP contribution in [0.15, 0.2) is 42.9 Å². The van der Waals surface area contributed by atoms with Crippen LogP contribution in [0.5, 0.6) is 11.5 Å². The van der Waals surface area contributed by atoms with E-state index in [9.17, 15) is 18.8 Å². The van der Waals surface area contributed by atoms with Crippen LogP contribution < -0.4 is 20.1 Å². The van der Waals surface area contributed by atoms with Crippen molar-refractivity contribution >= 4 is 30.4 Å². The molecule has 0 bridgehead atoms. The fourth-order valence-corrected chi connectivity index (χ4v) is 2.43. The third-order valence-electron chi connectivity index (χ3n) is 4.15. The normalized spacial score (nSPS) is 11.2. The van der Waals surface area contributed by atoms with Crippen LogP contribution in [0.3, 0.4) is 0 Å². The largest absolute Gasteiger partial charge is 0.451 e. The van der Waals surface area contributed by atoms with Gasteiger partial charge in [0.1, 0.15) is 0 Å². The number of likely N-dealkylation sites (N-methyl/N-ethyl adjacent to an activating group) is 3. The van der Waals surface area contributed by atoms with E-state index < -0.39 is 5.82 Å². The molecule has 2 N–H and O–H groups in total. The Labute approximate surface area is 200 Å². The van der Waals surface area contributed by atoms with Gasteiger partial charge < -0.3 is 29.9 Å². The molecule has 1 aliphatic rings. The number of anilines is 1. The summed E-state index contributed by atoms with van der Waals surface area (Å²) in [4.78, 5) is 34.9. The maximum atomic E-state index is 14.4. The summed E-state index contributed by atoms with van der Waals surface area (Å²) in [6, 6.07) is 1.56. The quantitative estimate of drug-likeness (QED) is 0.321. The lowest BCUT2D eigenvalue weighted by Crippen LogP contribution is -2.33. The molecule has 0 aliphatic carbocycles. The number of amides is 2. The standard InChI is InChI=1S/C15H18FN3O4.C6H11NO.C3H4/c1-17-11-6-10(13(16)15-14(11)22-9-23-15)4-5-19(3)12(21)7-18(2)8-20;1-3-4-6(5-8)7-2;1-3-2/h4-6,8,17H,7,9H2,1-3H3;4-5,7H,3H2,1-2H3;1-2H2/b5-4+;6-4-;. The van der Waals surface area contributed by atoms with E-state index in [0.717, 1.165) is 12.7 Å². The van der Waals surface area contributed by atoms with Crippen LogP contribution >= 0.6 is 0 Å². The van der Waals surface area contributed by atoms with E-state index in [-0.39, 0.29) is 30.6 Å². The highest BCUT2D eigenvalue weighted by molar-refractivity contribution is 5.81. The first-order valence-electron chi connectivity index (χ1n) is 10.3. The van der Waals surface area contributed by atoms with E-state index in [1.807, 2.05) is 13.0 Å². The summed E-state index contributed by atoms with van der Waals surface area (Å²) in [5.41, 5.74) is 3.75. The minimum Gasteiger partial charge on any atom is -0.451 e. The number of rotatable bonds is 9. The number of carbonyl (C=O) groups excluding carboxylic acids is 3. The van der Waals surface area contributed by atoms with Crippen molar-refractivity contribution in [2.45, 2.75) is 13.3 Å². The van der Waals surface area contributed by atoms with Crippen LogP contribution in [0.25, 0.3) is 6.08 Å². The van der Waals surface area contributed by atoms with Crippen molar-refractivity contribution in [3.8, 4) is 11.5 Å². The van der Waals surface area contributed by atoms with Crippen molar-refractivity contribution in [1.29, 1.82) is 0 Å². The third-order valence-corrected chi connectivity index (χ3v) is 4.15. The van der Waals surface area contributed by atoms with Crippen LogP contribution in [0, 0.1) is 5.82 Å². The summed E-state index contributed by atoms with van der Waals surface area (Å²) >= 11 is 0. The maximum absolute atomic E-state index is 14.4. The molecule has 0 spiro atoms. The molecule has 1 aliphatic heterocycles. The van der Waals surface area contributed by atoms with E-state index in [2.05, 4.69) is 29.5 Å². The van der Waals surface area contributed by atoms with Gasteiger partial charge in [-0.2, -0.15) is 0 Å². The molecule has 1 aromatic carbocycles. The van der Waals surface area contributed by atoms with Gasteiger partial charge in [0.2, 0.25) is 24.9 Å². The Hall–Kier alpha value is -4.04. The molecule has 186 valence electrons. The van der Waals surface area contributed by atoms with Crippen molar-refractivity contribution in [3.63, 3.8) is 0 Å². The van der Waals surface area contributed by atoms with E-state index in [4.69, 9.17) is 9.47 Å². The van der Waals surface area contributed by atoms with Gasteiger partial charge in [-0.25, -0.2) is 4.39 Å². The predicted octanol–water partition coefficient (Wildman–Crippen LogP) is 2.77. The minimum atomic E-state index is -0.557. The number of fused-ring (bicyclic) bond motifs is 1. The lowest BCUT2D eigenvalue weighted by Gasteiger charge is -2.16. The first-order valence-corrected chi connectivity index (χ1v) is 10.3. The van der Waals surface area contributed by atoms with Crippen molar-refractivity contribution in [2.24, 2.45) is 0 Å². The van der Waals surface area contributed by atoms with Gasteiger partial charge in [0.05, 0.1) is 17.9 Å². The average molecular weight is 477 g/mol. The fraction of sp³-hybridized carbons (Fsp3) is 0.333. The van der Waals surface area contributed by atoms with Gasteiger partial charge in [0, 0.05) is 40.0 Å². The summed E-state index contributed by atoms with van der Waals surface area (Å²) in [5.74, 6) is -0.477. The first-order chi connectivity index (χ1) is 16.2. The first kappa shape index (κ1) is 30.0. The lowest BCUT2D eigenvalue weighted by molar-refractivity contribution is -0.131. The summed E-state index contributed by atoms with van der Waals surface area (Å²) in [5, 5.41) is 5.65. The molecular weight excluding hydrogens is 443 g/mol. The second kappa shape index (κ2) is 16.6. The topological polar surface area (TPSA) is 100 Å². The zero-order valence-electron chi connectivity index (χ0n) is 20.3. The van der Waals surface area contributed by atoms with E-state index in [0.29, 0.717) is 23.5 Å². The molecule has 2 amide bonds. The lowest BCUT2D eigenvalue weighted by atomic mass is 10.1. The van der Waals surface area contributed by atoms with Crippen LogP contribution in [-0.2, 0) is 14.4 Å². The summed E-state index contributed by atoms with van der Waals surface area (Å²) < 4.78 is 24.7. The van der Waals surface area contributed by atoms with Gasteiger partial charge in [0.25, 0.3) is 0 Å². The van der Waals surface area contributed by atoms with Gasteiger partial charge in [0.15, 0.2) is 17.9 Å². The number of nitrogens with zero attached hydrogens (tertiary/aromatic N) is 2. The monoisotopic (exact) mass is 476 g/mol. The number of allylic oxidation sites excluding steroid dienone is 2. The molecule has 0 unspecified atom stereocenters. The summed E-state index contributed by atoms with van der Waals surface area (Å²) in [7, 11) is 6.45. The van der Waals surface area contributed by atoms with Crippen LogP contribution in [-0.4, -0.2) is 69.9 Å². The Bertz CT molecular complexity index is 924. The molecule has 9 nitrogen and oxygen atoms in total. The number of hydrogen-bond acceptors (Lipinski definition) is 7. The Balaban J connectivity index is 0.000000830. The summed E-state index contributed by atoms with van der Waals surface area (Å²) in [6.07, 6.45) is 7.00. The Morgan fingerprint density at radius 2 is 1.85 bits per heavy atom. The molecular formula is C24H33FN4O5. The van der Waals surface area contributed by atoms with Gasteiger partial charge in [-0.15, -0.1) is 5.73 Å². The zero-order valence-corrected chi connectivity index (χ0v) is 20.3. The zero-order chi connectivity index (χ0) is 26.1. The van der Waals surface area contributed by atoms with Gasteiger partial charge in [-0.05, 0) is 18.6 Å². The average Bonchev–Trinajstić information content (AvgIpc) is 3.33. The third kappa shape index (κ3) is 9.62. The number of halogens is 1. The molecule has 0 aromatic heterocycles. The molecule has 0 saturated carbocycles. The predicted molar refractivity (Wildman–Crippen MR) is 131 cm³/mol. The minimum absolute atomic E-state index is 0.0372. The second-order valence-corrected chi connectivity index (χ2v) is 6.67. The maximum Gasteiger partial charge on any atom is 0.245 e. The molecule has 2 rings (SSSR count). The number of ether oxygens (including phenoxy) is 2. The molecule has 0 atom stereocenters. The van der Waals surface area contributed by atoms with Crippen LogP contribution in [0.1, 0.15) is 18.9 Å². The molecule has 10 heteroatoms. The van der Waals surface area contributed by atoms with Crippen molar-refractivity contribution < 1.29 is 28.2 Å². The smallest absolute Gasteiger partial charge is 0.245 e. The molecule has 1 heterocycles. The van der Waals surface area contributed by atoms with Crippen LogP contribution in [0.4, 0.5) is 10.1 Å². The highest BCUT2D eigenvalue weighted by Crippen LogP contribution is 2.43. The Kier molecular flexibility index (Phi) is 14.6. The van der Waals surface area contributed by atoms with E-state index >= 15 is 0 Å². The number of benzene rings is 1. The Morgan fingerprint density at radius 1 is 1.24 bits per heavy atom.